The zero-order valence-corrected chi connectivity index (χ0v) is 12.0. The van der Waals surface area contributed by atoms with Gasteiger partial charge in [0, 0.05) is 13.0 Å². The molecular formula is C15H21N3O2. The Balaban J connectivity index is 1.98. The molecule has 1 aromatic heterocycles. The van der Waals surface area contributed by atoms with Crippen molar-refractivity contribution in [2.45, 2.75) is 33.4 Å². The van der Waals surface area contributed by atoms with Gasteiger partial charge in [-0.3, -0.25) is 0 Å². The molecular weight excluding hydrogens is 254 g/mol. The van der Waals surface area contributed by atoms with Gasteiger partial charge in [0.15, 0.2) is 0 Å². The summed E-state index contributed by atoms with van der Waals surface area (Å²) in [4.78, 5) is 0. The van der Waals surface area contributed by atoms with Crippen molar-refractivity contribution >= 4 is 0 Å². The van der Waals surface area contributed by atoms with Crippen LogP contribution in [0.5, 0.6) is 5.75 Å². The van der Waals surface area contributed by atoms with Gasteiger partial charge in [0.1, 0.15) is 11.4 Å². The van der Waals surface area contributed by atoms with Crippen molar-refractivity contribution in [2.75, 3.05) is 6.61 Å². The molecule has 0 aliphatic heterocycles. The Morgan fingerprint density at radius 1 is 1.25 bits per heavy atom. The minimum atomic E-state index is -0.0846. The third kappa shape index (κ3) is 3.81. The van der Waals surface area contributed by atoms with Crippen molar-refractivity contribution in [1.29, 1.82) is 0 Å². The maximum Gasteiger partial charge on any atom is 0.119 e. The number of aliphatic hydroxyl groups excluding tert-OH is 1. The van der Waals surface area contributed by atoms with Crippen LogP contribution < -0.4 is 4.74 Å². The molecule has 5 heteroatoms. The molecule has 0 amide bonds. The summed E-state index contributed by atoms with van der Waals surface area (Å²) in [5, 5.41) is 17.5. The van der Waals surface area contributed by atoms with Gasteiger partial charge < -0.3 is 9.84 Å². The van der Waals surface area contributed by atoms with Gasteiger partial charge in [-0.25, -0.2) is 4.68 Å². The average molecular weight is 275 g/mol. The van der Waals surface area contributed by atoms with Crippen LogP contribution >= 0.6 is 0 Å². The third-order valence-corrected chi connectivity index (χ3v) is 2.96. The molecule has 1 heterocycles. The maximum absolute atomic E-state index is 9.33. The highest BCUT2D eigenvalue weighted by molar-refractivity contribution is 5.21. The van der Waals surface area contributed by atoms with Crippen LogP contribution in [0.25, 0.3) is 0 Å². The van der Waals surface area contributed by atoms with Crippen LogP contribution in [0, 0.1) is 5.92 Å². The molecule has 2 aromatic rings. The van der Waals surface area contributed by atoms with Gasteiger partial charge in [0.05, 0.1) is 18.9 Å². The fourth-order valence-corrected chi connectivity index (χ4v) is 2.04. The molecule has 0 unspecified atom stereocenters. The molecule has 0 radical (unpaired) electrons. The van der Waals surface area contributed by atoms with E-state index in [9.17, 15) is 5.11 Å². The van der Waals surface area contributed by atoms with Crippen molar-refractivity contribution in [3.63, 3.8) is 0 Å². The number of benzene rings is 1. The lowest BCUT2D eigenvalue weighted by Crippen LogP contribution is -2.13. The van der Waals surface area contributed by atoms with Crippen molar-refractivity contribution in [2.24, 2.45) is 5.92 Å². The Labute approximate surface area is 119 Å². The van der Waals surface area contributed by atoms with Gasteiger partial charge in [-0.05, 0) is 18.1 Å². The Morgan fingerprint density at radius 2 is 2.00 bits per heavy atom. The smallest absolute Gasteiger partial charge is 0.119 e. The topological polar surface area (TPSA) is 60.2 Å². The van der Waals surface area contributed by atoms with E-state index in [2.05, 4.69) is 24.2 Å². The Morgan fingerprint density at radius 3 is 2.65 bits per heavy atom. The molecule has 0 saturated carbocycles. The highest BCUT2D eigenvalue weighted by atomic mass is 16.5. The molecule has 0 atom stereocenters. The monoisotopic (exact) mass is 275 g/mol. The number of para-hydroxylation sites is 1. The summed E-state index contributed by atoms with van der Waals surface area (Å²) in [5.74, 6) is 1.33. The van der Waals surface area contributed by atoms with Gasteiger partial charge in [0.2, 0.25) is 0 Å². The number of nitrogens with zero attached hydrogens (tertiary/aromatic N) is 3. The molecule has 5 nitrogen and oxygen atoms in total. The Bertz CT molecular complexity index is 523. The van der Waals surface area contributed by atoms with Crippen LogP contribution in [0.3, 0.4) is 0 Å². The predicted molar refractivity (Wildman–Crippen MR) is 76.4 cm³/mol. The first-order valence-corrected chi connectivity index (χ1v) is 6.90. The lowest BCUT2D eigenvalue weighted by Gasteiger charge is -2.10. The number of ether oxygens (including phenoxy) is 1. The largest absolute Gasteiger partial charge is 0.493 e. The lowest BCUT2D eigenvalue weighted by molar-refractivity contribution is 0.272. The van der Waals surface area contributed by atoms with E-state index in [1.807, 2.05) is 35.0 Å². The van der Waals surface area contributed by atoms with Crippen LogP contribution in [0.4, 0.5) is 0 Å². The van der Waals surface area contributed by atoms with E-state index in [0.29, 0.717) is 24.6 Å². The minimum Gasteiger partial charge on any atom is -0.493 e. The SMILES string of the molecule is CC(C)Cn1nnc(CO)c1CCOc1ccccc1. The third-order valence-electron chi connectivity index (χ3n) is 2.96. The Kier molecular flexibility index (Phi) is 5.12. The molecule has 0 aliphatic carbocycles. The summed E-state index contributed by atoms with van der Waals surface area (Å²) in [6, 6.07) is 9.70. The lowest BCUT2D eigenvalue weighted by atomic mass is 10.2. The average Bonchev–Trinajstić information content (AvgIpc) is 2.82. The van der Waals surface area contributed by atoms with Crippen LogP contribution in [0.15, 0.2) is 30.3 Å². The molecule has 0 fully saturated rings. The highest BCUT2D eigenvalue weighted by Gasteiger charge is 2.13. The van der Waals surface area contributed by atoms with Gasteiger partial charge in [-0.1, -0.05) is 37.3 Å². The fraction of sp³-hybridized carbons (Fsp3) is 0.467. The van der Waals surface area contributed by atoms with Crippen molar-refractivity contribution in [3.05, 3.63) is 41.7 Å². The summed E-state index contributed by atoms with van der Waals surface area (Å²) in [7, 11) is 0. The second-order valence-corrected chi connectivity index (χ2v) is 5.13. The van der Waals surface area contributed by atoms with E-state index in [0.717, 1.165) is 18.0 Å². The molecule has 0 spiro atoms. The minimum absolute atomic E-state index is 0.0846. The summed E-state index contributed by atoms with van der Waals surface area (Å²) in [6.45, 7) is 5.52. The maximum atomic E-state index is 9.33. The number of rotatable bonds is 7. The number of hydrogen-bond donors (Lipinski definition) is 1. The van der Waals surface area contributed by atoms with Crippen molar-refractivity contribution < 1.29 is 9.84 Å². The normalized spacial score (nSPS) is 11.0. The zero-order valence-electron chi connectivity index (χ0n) is 12.0. The summed E-state index contributed by atoms with van der Waals surface area (Å²) in [5.41, 5.74) is 1.60. The van der Waals surface area contributed by atoms with Crippen LogP contribution in [-0.2, 0) is 19.6 Å². The van der Waals surface area contributed by atoms with E-state index in [-0.39, 0.29) is 6.61 Å². The molecule has 108 valence electrons. The standard InChI is InChI=1S/C15H21N3O2/c1-12(2)10-18-15(14(11-19)16-17-18)8-9-20-13-6-4-3-5-7-13/h3-7,12,19H,8-11H2,1-2H3. The first kappa shape index (κ1) is 14.5. The summed E-state index contributed by atoms with van der Waals surface area (Å²) < 4.78 is 7.55. The van der Waals surface area contributed by atoms with Crippen molar-refractivity contribution in [3.8, 4) is 5.75 Å². The number of aromatic nitrogens is 3. The molecule has 0 bridgehead atoms. The summed E-state index contributed by atoms with van der Waals surface area (Å²) >= 11 is 0. The molecule has 1 aromatic carbocycles. The number of aliphatic hydroxyl groups is 1. The second-order valence-electron chi connectivity index (χ2n) is 5.13. The summed E-state index contributed by atoms with van der Waals surface area (Å²) in [6.07, 6.45) is 0.685. The molecule has 0 aliphatic rings. The fourth-order valence-electron chi connectivity index (χ4n) is 2.04. The van der Waals surface area contributed by atoms with E-state index in [4.69, 9.17) is 4.74 Å². The quantitative estimate of drug-likeness (QED) is 0.840. The molecule has 0 saturated heterocycles. The predicted octanol–water partition coefficient (Wildman–Crippen LogP) is 2.05. The second kappa shape index (κ2) is 7.05. The van der Waals surface area contributed by atoms with Crippen LogP contribution in [-0.4, -0.2) is 26.7 Å². The van der Waals surface area contributed by atoms with Crippen molar-refractivity contribution in [1.82, 2.24) is 15.0 Å². The van der Waals surface area contributed by atoms with Gasteiger partial charge in [-0.15, -0.1) is 5.10 Å². The van der Waals surface area contributed by atoms with Gasteiger partial charge in [0.25, 0.3) is 0 Å². The van der Waals surface area contributed by atoms with Crippen LogP contribution in [0.2, 0.25) is 0 Å². The highest BCUT2D eigenvalue weighted by Crippen LogP contribution is 2.12. The van der Waals surface area contributed by atoms with E-state index >= 15 is 0 Å². The first-order valence-electron chi connectivity index (χ1n) is 6.90. The molecule has 20 heavy (non-hydrogen) atoms. The zero-order chi connectivity index (χ0) is 14.4. The van der Waals surface area contributed by atoms with E-state index in [1.54, 1.807) is 0 Å². The van der Waals surface area contributed by atoms with E-state index in [1.165, 1.54) is 0 Å². The molecule has 1 N–H and O–H groups in total. The molecule has 2 rings (SSSR count). The first-order chi connectivity index (χ1) is 9.70. The van der Waals surface area contributed by atoms with Gasteiger partial charge >= 0.3 is 0 Å². The van der Waals surface area contributed by atoms with E-state index < -0.39 is 0 Å². The van der Waals surface area contributed by atoms with Gasteiger partial charge in [-0.2, -0.15) is 0 Å². The Hall–Kier alpha value is -1.88. The van der Waals surface area contributed by atoms with Crippen LogP contribution in [0.1, 0.15) is 25.2 Å². The number of hydrogen-bond acceptors (Lipinski definition) is 4.